The van der Waals surface area contributed by atoms with Crippen molar-refractivity contribution in [3.8, 4) is 5.69 Å². The summed E-state index contributed by atoms with van der Waals surface area (Å²) in [4.78, 5) is 16.8. The van der Waals surface area contributed by atoms with Gasteiger partial charge in [0.2, 0.25) is 5.13 Å². The molecule has 1 N–H and O–H groups in total. The number of benzene rings is 2. The lowest BCUT2D eigenvalue weighted by Crippen LogP contribution is -2.11. The first-order valence-electron chi connectivity index (χ1n) is 8.41. The molecule has 0 spiro atoms. The van der Waals surface area contributed by atoms with Gasteiger partial charge < -0.3 is 0 Å². The number of amides is 1. The molecular weight excluding hydrogens is 346 g/mol. The summed E-state index contributed by atoms with van der Waals surface area (Å²) >= 11 is 1.42. The van der Waals surface area contributed by atoms with Crippen LogP contribution in [0.2, 0.25) is 0 Å². The average Bonchev–Trinajstić information content (AvgIpc) is 3.29. The molecule has 0 atom stereocenters. The SMILES string of the molecule is CCCc1nnc(NC(=O)c2ccc(-n3cnc4ccccc43)cc2)s1. The van der Waals surface area contributed by atoms with E-state index in [4.69, 9.17) is 0 Å². The average molecular weight is 363 g/mol. The number of rotatable bonds is 5. The van der Waals surface area contributed by atoms with E-state index in [1.165, 1.54) is 11.3 Å². The number of para-hydroxylation sites is 2. The van der Waals surface area contributed by atoms with Gasteiger partial charge in [-0.2, -0.15) is 0 Å². The maximum atomic E-state index is 12.4. The van der Waals surface area contributed by atoms with Crippen LogP contribution < -0.4 is 5.32 Å². The number of imidazole rings is 1. The van der Waals surface area contributed by atoms with Gasteiger partial charge in [0.25, 0.3) is 5.91 Å². The lowest BCUT2D eigenvalue weighted by Gasteiger charge is -2.06. The third-order valence-corrected chi connectivity index (χ3v) is 4.91. The number of carbonyl (C=O) groups is 1. The number of hydrogen-bond donors (Lipinski definition) is 1. The lowest BCUT2D eigenvalue weighted by atomic mass is 10.2. The van der Waals surface area contributed by atoms with Crippen molar-refractivity contribution in [3.05, 3.63) is 65.4 Å². The number of carbonyl (C=O) groups excluding carboxylic acids is 1. The largest absolute Gasteiger partial charge is 0.299 e. The molecule has 130 valence electrons. The number of aryl methyl sites for hydroxylation is 1. The molecule has 0 saturated heterocycles. The van der Waals surface area contributed by atoms with E-state index in [9.17, 15) is 4.79 Å². The molecule has 0 aliphatic heterocycles. The van der Waals surface area contributed by atoms with Gasteiger partial charge in [-0.25, -0.2) is 4.98 Å². The fourth-order valence-electron chi connectivity index (χ4n) is 2.73. The van der Waals surface area contributed by atoms with E-state index in [2.05, 4.69) is 27.4 Å². The normalized spacial score (nSPS) is 11.0. The van der Waals surface area contributed by atoms with Crippen molar-refractivity contribution in [3.63, 3.8) is 0 Å². The molecule has 0 bridgehead atoms. The molecule has 1 amide bonds. The Bertz CT molecular complexity index is 1050. The Labute approximate surface area is 154 Å². The van der Waals surface area contributed by atoms with Crippen LogP contribution in [-0.4, -0.2) is 25.7 Å². The van der Waals surface area contributed by atoms with Gasteiger partial charge in [0.15, 0.2) is 0 Å². The van der Waals surface area contributed by atoms with Crippen molar-refractivity contribution in [2.24, 2.45) is 0 Å². The van der Waals surface area contributed by atoms with Gasteiger partial charge in [0.05, 0.1) is 11.0 Å². The standard InChI is InChI=1S/C19H17N5OS/c1-2-5-17-22-23-19(26-17)21-18(25)13-8-10-14(11-9-13)24-12-20-15-6-3-4-7-16(15)24/h3-4,6-12H,2,5H2,1H3,(H,21,23,25). The van der Waals surface area contributed by atoms with E-state index in [1.807, 2.05) is 41.0 Å². The Morgan fingerprint density at radius 1 is 1.12 bits per heavy atom. The molecular formula is C19H17N5OS. The second kappa shape index (κ2) is 7.05. The van der Waals surface area contributed by atoms with Gasteiger partial charge in [-0.1, -0.05) is 30.4 Å². The minimum atomic E-state index is -0.189. The predicted molar refractivity (Wildman–Crippen MR) is 103 cm³/mol. The predicted octanol–water partition coefficient (Wildman–Crippen LogP) is 4.08. The van der Waals surface area contributed by atoms with Crippen molar-refractivity contribution in [1.82, 2.24) is 19.7 Å². The van der Waals surface area contributed by atoms with E-state index in [0.717, 1.165) is 34.6 Å². The van der Waals surface area contributed by atoms with Gasteiger partial charge in [-0.15, -0.1) is 10.2 Å². The molecule has 0 aliphatic carbocycles. The summed E-state index contributed by atoms with van der Waals surface area (Å²) < 4.78 is 2.00. The van der Waals surface area contributed by atoms with Gasteiger partial charge in [0, 0.05) is 17.7 Å². The van der Waals surface area contributed by atoms with E-state index in [1.54, 1.807) is 18.5 Å². The monoisotopic (exact) mass is 363 g/mol. The van der Waals surface area contributed by atoms with Crippen LogP contribution in [0, 0.1) is 0 Å². The molecule has 2 aromatic carbocycles. The molecule has 26 heavy (non-hydrogen) atoms. The second-order valence-corrected chi connectivity index (χ2v) is 6.92. The molecule has 0 unspecified atom stereocenters. The first-order chi connectivity index (χ1) is 12.7. The smallest absolute Gasteiger partial charge is 0.257 e. The Morgan fingerprint density at radius 3 is 2.73 bits per heavy atom. The fraction of sp³-hybridized carbons (Fsp3) is 0.158. The zero-order chi connectivity index (χ0) is 17.9. The first kappa shape index (κ1) is 16.4. The third kappa shape index (κ3) is 3.21. The summed E-state index contributed by atoms with van der Waals surface area (Å²) in [6, 6.07) is 15.4. The number of nitrogens with zero attached hydrogens (tertiary/aromatic N) is 4. The van der Waals surface area contributed by atoms with Crippen LogP contribution >= 0.6 is 11.3 Å². The molecule has 2 aromatic heterocycles. The molecule has 0 fully saturated rings. The Morgan fingerprint density at radius 2 is 1.92 bits per heavy atom. The van der Waals surface area contributed by atoms with Crippen molar-refractivity contribution in [2.45, 2.75) is 19.8 Å². The van der Waals surface area contributed by atoms with Crippen LogP contribution in [0.15, 0.2) is 54.9 Å². The summed E-state index contributed by atoms with van der Waals surface area (Å²) in [7, 11) is 0. The van der Waals surface area contributed by atoms with Gasteiger partial charge in [-0.05, 0) is 42.8 Å². The minimum absolute atomic E-state index is 0.189. The van der Waals surface area contributed by atoms with Gasteiger partial charge in [-0.3, -0.25) is 14.7 Å². The second-order valence-electron chi connectivity index (χ2n) is 5.86. The minimum Gasteiger partial charge on any atom is -0.299 e. The Hall–Kier alpha value is -3.06. The molecule has 4 aromatic rings. The van der Waals surface area contributed by atoms with Gasteiger partial charge >= 0.3 is 0 Å². The summed E-state index contributed by atoms with van der Waals surface area (Å²) in [6.07, 6.45) is 3.67. The number of aromatic nitrogens is 4. The highest BCUT2D eigenvalue weighted by Crippen LogP contribution is 2.20. The van der Waals surface area contributed by atoms with Crippen LogP contribution in [0.4, 0.5) is 5.13 Å². The lowest BCUT2D eigenvalue weighted by molar-refractivity contribution is 0.102. The molecule has 4 rings (SSSR count). The third-order valence-electron chi connectivity index (χ3n) is 4.01. The number of nitrogens with one attached hydrogen (secondary N) is 1. The van der Waals surface area contributed by atoms with E-state index < -0.39 is 0 Å². The van der Waals surface area contributed by atoms with Crippen molar-refractivity contribution in [2.75, 3.05) is 5.32 Å². The topological polar surface area (TPSA) is 72.7 Å². The molecule has 0 aliphatic rings. The maximum absolute atomic E-state index is 12.4. The summed E-state index contributed by atoms with van der Waals surface area (Å²) in [5.74, 6) is -0.189. The highest BCUT2D eigenvalue weighted by atomic mass is 32.1. The Balaban J connectivity index is 1.52. The van der Waals surface area contributed by atoms with Crippen molar-refractivity contribution in [1.29, 1.82) is 0 Å². The zero-order valence-corrected chi connectivity index (χ0v) is 15.0. The maximum Gasteiger partial charge on any atom is 0.257 e. The van der Waals surface area contributed by atoms with Crippen LogP contribution in [0.1, 0.15) is 28.7 Å². The molecule has 6 nitrogen and oxygen atoms in total. The highest BCUT2D eigenvalue weighted by molar-refractivity contribution is 7.15. The highest BCUT2D eigenvalue weighted by Gasteiger charge is 2.11. The van der Waals surface area contributed by atoms with Crippen molar-refractivity contribution >= 4 is 33.4 Å². The quantitative estimate of drug-likeness (QED) is 0.580. The fourth-order valence-corrected chi connectivity index (χ4v) is 3.56. The summed E-state index contributed by atoms with van der Waals surface area (Å²) in [5, 5.41) is 12.4. The summed E-state index contributed by atoms with van der Waals surface area (Å²) in [5.41, 5.74) is 3.50. The molecule has 0 saturated carbocycles. The Kier molecular flexibility index (Phi) is 4.45. The molecule has 0 radical (unpaired) electrons. The molecule has 7 heteroatoms. The van der Waals surface area contributed by atoms with Crippen molar-refractivity contribution < 1.29 is 4.79 Å². The number of fused-ring (bicyclic) bond motifs is 1. The first-order valence-corrected chi connectivity index (χ1v) is 9.22. The van der Waals surface area contributed by atoms with Crippen LogP contribution in [0.5, 0.6) is 0 Å². The van der Waals surface area contributed by atoms with E-state index >= 15 is 0 Å². The molecule has 2 heterocycles. The van der Waals surface area contributed by atoms with Gasteiger partial charge in [0.1, 0.15) is 11.3 Å². The van der Waals surface area contributed by atoms with Crippen LogP contribution in [0.3, 0.4) is 0 Å². The number of anilines is 1. The van der Waals surface area contributed by atoms with E-state index in [-0.39, 0.29) is 5.91 Å². The zero-order valence-electron chi connectivity index (χ0n) is 14.2. The number of hydrogen-bond acceptors (Lipinski definition) is 5. The van der Waals surface area contributed by atoms with Crippen LogP contribution in [0.25, 0.3) is 16.7 Å². The van der Waals surface area contributed by atoms with E-state index in [0.29, 0.717) is 10.7 Å². The van der Waals surface area contributed by atoms with Crippen LogP contribution in [-0.2, 0) is 6.42 Å². The summed E-state index contributed by atoms with van der Waals surface area (Å²) in [6.45, 7) is 2.09.